The number of halogens is 1. The summed E-state index contributed by atoms with van der Waals surface area (Å²) in [4.78, 5) is 12.8. The molecule has 0 aliphatic rings. The predicted octanol–water partition coefficient (Wildman–Crippen LogP) is 15.1. The molecule has 3 heteroatoms. The van der Waals surface area contributed by atoms with E-state index >= 15 is 0 Å². The molecule has 7 aromatic carbocycles. The standard InChI is InChI=1S/C56H55IO2/c1-4-41-15-21-44(22-16-41)47-27-33-50(34-28-47)56(51-35-29-48(30-36-51)45-23-17-42(5-2)18-24-45,52-37-31-49(32-38-52)46-25-19-43(6-3)20-26-46)39-11-7-8-12-40-59-55(58)53-13-9-10-14-54(53)57/h9-10,13-38H,4-8,11-12,39-40H2,1-3H3. The van der Waals surface area contributed by atoms with E-state index in [1.807, 2.05) is 24.3 Å². The Hall–Kier alpha value is -5.26. The molecule has 0 unspecified atom stereocenters. The number of hydrogen-bond acceptors (Lipinski definition) is 2. The number of ether oxygens (including phenoxy) is 1. The second-order valence-corrected chi connectivity index (χ2v) is 16.7. The van der Waals surface area contributed by atoms with Gasteiger partial charge in [0.1, 0.15) is 0 Å². The third kappa shape index (κ3) is 9.96. The van der Waals surface area contributed by atoms with Gasteiger partial charge in [-0.15, -0.1) is 0 Å². The van der Waals surface area contributed by atoms with Crippen LogP contribution in [0.1, 0.15) is 96.6 Å². The molecule has 0 aromatic heterocycles. The zero-order valence-electron chi connectivity index (χ0n) is 34.7. The first kappa shape index (κ1) is 41.9. The number of carbonyl (C=O) groups is 1. The van der Waals surface area contributed by atoms with E-state index in [0.29, 0.717) is 12.2 Å². The van der Waals surface area contributed by atoms with E-state index in [0.717, 1.165) is 54.9 Å². The Bertz CT molecular complexity index is 2170. The molecule has 0 heterocycles. The van der Waals surface area contributed by atoms with Crippen molar-refractivity contribution in [2.24, 2.45) is 0 Å². The molecule has 0 amide bonds. The number of hydrogen-bond donors (Lipinski definition) is 0. The summed E-state index contributed by atoms with van der Waals surface area (Å²) in [5, 5.41) is 0. The minimum atomic E-state index is -0.393. The van der Waals surface area contributed by atoms with Crippen molar-refractivity contribution in [3.05, 3.63) is 212 Å². The lowest BCUT2D eigenvalue weighted by Crippen LogP contribution is -2.29. The van der Waals surface area contributed by atoms with Crippen LogP contribution >= 0.6 is 22.6 Å². The molecule has 0 saturated carbocycles. The summed E-state index contributed by atoms with van der Waals surface area (Å²) >= 11 is 2.20. The van der Waals surface area contributed by atoms with Gasteiger partial charge < -0.3 is 4.74 Å². The molecule has 298 valence electrons. The molecule has 0 atom stereocenters. The molecule has 0 N–H and O–H groups in total. The fourth-order valence-corrected chi connectivity index (χ4v) is 8.90. The van der Waals surface area contributed by atoms with Crippen LogP contribution in [-0.2, 0) is 29.4 Å². The van der Waals surface area contributed by atoms with Crippen LogP contribution in [0.5, 0.6) is 0 Å². The maximum Gasteiger partial charge on any atom is 0.339 e. The zero-order chi connectivity index (χ0) is 41.0. The number of carbonyl (C=O) groups excluding carboxylic acids is 1. The van der Waals surface area contributed by atoms with Crippen LogP contribution < -0.4 is 0 Å². The normalized spacial score (nSPS) is 11.4. The van der Waals surface area contributed by atoms with E-state index < -0.39 is 5.41 Å². The minimum absolute atomic E-state index is 0.242. The van der Waals surface area contributed by atoms with Crippen LogP contribution in [-0.4, -0.2) is 12.6 Å². The van der Waals surface area contributed by atoms with Gasteiger partial charge in [-0.2, -0.15) is 0 Å². The Kier molecular flexibility index (Phi) is 14.3. The number of unbranched alkanes of at least 4 members (excludes halogenated alkanes) is 3. The highest BCUT2D eigenvalue weighted by atomic mass is 127. The molecule has 7 rings (SSSR count). The smallest absolute Gasteiger partial charge is 0.339 e. The van der Waals surface area contributed by atoms with Crippen LogP contribution in [0.4, 0.5) is 0 Å². The van der Waals surface area contributed by atoms with E-state index in [1.165, 1.54) is 66.8 Å². The van der Waals surface area contributed by atoms with Crippen molar-refractivity contribution in [2.45, 2.75) is 77.6 Å². The van der Waals surface area contributed by atoms with Crippen LogP contribution in [0.15, 0.2) is 170 Å². The Morgan fingerprint density at radius 1 is 0.441 bits per heavy atom. The van der Waals surface area contributed by atoms with Crippen LogP contribution in [0.2, 0.25) is 0 Å². The van der Waals surface area contributed by atoms with E-state index in [2.05, 4.69) is 189 Å². The molecule has 0 saturated heterocycles. The Balaban J connectivity index is 1.22. The van der Waals surface area contributed by atoms with Gasteiger partial charge in [-0.1, -0.05) is 198 Å². The number of rotatable bonds is 17. The summed E-state index contributed by atoms with van der Waals surface area (Å²) in [6.07, 6.45) is 7.92. The second kappa shape index (κ2) is 20.1. The fraction of sp³-hybridized carbons (Fsp3) is 0.232. The molecule has 0 aliphatic heterocycles. The minimum Gasteiger partial charge on any atom is -0.462 e. The summed E-state index contributed by atoms with van der Waals surface area (Å²) in [6.45, 7) is 7.03. The van der Waals surface area contributed by atoms with Crippen molar-refractivity contribution in [1.82, 2.24) is 0 Å². The molecule has 2 nitrogen and oxygen atoms in total. The third-order valence-corrected chi connectivity index (χ3v) is 12.9. The van der Waals surface area contributed by atoms with Crippen LogP contribution in [0, 0.1) is 3.57 Å². The molecule has 0 radical (unpaired) electrons. The first-order valence-electron chi connectivity index (χ1n) is 21.4. The van der Waals surface area contributed by atoms with Crippen molar-refractivity contribution in [1.29, 1.82) is 0 Å². The van der Waals surface area contributed by atoms with Gasteiger partial charge in [0.2, 0.25) is 0 Å². The van der Waals surface area contributed by atoms with Crippen molar-refractivity contribution in [2.75, 3.05) is 6.61 Å². The number of aryl methyl sites for hydroxylation is 3. The largest absolute Gasteiger partial charge is 0.462 e. The first-order chi connectivity index (χ1) is 28.9. The van der Waals surface area contributed by atoms with Gasteiger partial charge in [-0.3, -0.25) is 0 Å². The highest BCUT2D eigenvalue weighted by Crippen LogP contribution is 2.45. The van der Waals surface area contributed by atoms with Crippen molar-refractivity contribution < 1.29 is 9.53 Å². The summed E-state index contributed by atoms with van der Waals surface area (Å²) in [5.74, 6) is -0.242. The fourth-order valence-electron chi connectivity index (χ4n) is 8.29. The predicted molar refractivity (Wildman–Crippen MR) is 256 cm³/mol. The van der Waals surface area contributed by atoms with Gasteiger partial charge in [-0.05, 0) is 134 Å². The van der Waals surface area contributed by atoms with Crippen LogP contribution in [0.25, 0.3) is 33.4 Å². The molecule has 0 fully saturated rings. The topological polar surface area (TPSA) is 26.3 Å². The average molecular weight is 887 g/mol. The third-order valence-electron chi connectivity index (χ3n) is 12.0. The van der Waals surface area contributed by atoms with Gasteiger partial charge in [-0.25, -0.2) is 4.79 Å². The van der Waals surface area contributed by atoms with Crippen molar-refractivity contribution >= 4 is 28.6 Å². The first-order valence-corrected chi connectivity index (χ1v) is 22.5. The second-order valence-electron chi connectivity index (χ2n) is 15.6. The Morgan fingerprint density at radius 3 is 1.14 bits per heavy atom. The monoisotopic (exact) mass is 886 g/mol. The summed E-state index contributed by atoms with van der Waals surface area (Å²) in [7, 11) is 0. The quantitative estimate of drug-likeness (QED) is 0.0394. The highest BCUT2D eigenvalue weighted by Gasteiger charge is 2.36. The van der Waals surface area contributed by atoms with E-state index in [1.54, 1.807) is 0 Å². The van der Waals surface area contributed by atoms with Gasteiger partial charge in [0, 0.05) is 8.99 Å². The summed E-state index contributed by atoms with van der Waals surface area (Å²) in [5.41, 5.74) is 15.5. The van der Waals surface area contributed by atoms with Crippen molar-refractivity contribution in [3.8, 4) is 33.4 Å². The van der Waals surface area contributed by atoms with Crippen LogP contribution in [0.3, 0.4) is 0 Å². The Labute approximate surface area is 365 Å². The molecule has 0 bridgehead atoms. The maximum absolute atomic E-state index is 12.8. The Morgan fingerprint density at radius 2 is 0.780 bits per heavy atom. The van der Waals surface area contributed by atoms with Gasteiger partial charge in [0.05, 0.1) is 12.2 Å². The zero-order valence-corrected chi connectivity index (χ0v) is 36.9. The molecular formula is C56H55IO2. The lowest BCUT2D eigenvalue weighted by atomic mass is 9.66. The van der Waals surface area contributed by atoms with Gasteiger partial charge >= 0.3 is 5.97 Å². The summed E-state index contributed by atoms with van der Waals surface area (Å²) in [6, 6.07) is 62.5. The van der Waals surface area contributed by atoms with E-state index in [-0.39, 0.29) is 5.97 Å². The van der Waals surface area contributed by atoms with Crippen molar-refractivity contribution in [3.63, 3.8) is 0 Å². The summed E-state index contributed by atoms with van der Waals surface area (Å²) < 4.78 is 6.62. The highest BCUT2D eigenvalue weighted by molar-refractivity contribution is 14.1. The molecular weight excluding hydrogens is 832 g/mol. The number of esters is 1. The SMILES string of the molecule is CCc1ccc(-c2ccc(C(CCCCCCOC(=O)c3ccccc3I)(c3ccc(-c4ccc(CC)cc4)cc3)c3ccc(-c4ccc(CC)cc4)cc3)cc2)cc1. The molecule has 7 aromatic rings. The average Bonchev–Trinajstić information content (AvgIpc) is 3.30. The van der Waals surface area contributed by atoms with Gasteiger partial charge in [0.25, 0.3) is 0 Å². The van der Waals surface area contributed by atoms with Gasteiger partial charge in [0.15, 0.2) is 0 Å². The molecule has 59 heavy (non-hydrogen) atoms. The lowest BCUT2D eigenvalue weighted by molar-refractivity contribution is 0.0496. The van der Waals surface area contributed by atoms with E-state index in [4.69, 9.17) is 4.74 Å². The molecule has 0 spiro atoms. The maximum atomic E-state index is 12.8. The molecule has 0 aliphatic carbocycles. The van der Waals surface area contributed by atoms with E-state index in [9.17, 15) is 4.79 Å². The lowest BCUT2D eigenvalue weighted by Gasteiger charge is -2.37. The number of benzene rings is 7.